The molecule has 3 rings (SSSR count). The molecule has 0 aliphatic carbocycles. The number of ether oxygens (including phenoxy) is 2. The lowest BCUT2D eigenvalue weighted by atomic mass is 9.88. The second kappa shape index (κ2) is 7.47. The number of rotatable bonds is 5. The van der Waals surface area contributed by atoms with E-state index in [9.17, 15) is 4.79 Å². The van der Waals surface area contributed by atoms with E-state index in [0.29, 0.717) is 24.3 Å². The van der Waals surface area contributed by atoms with Crippen LogP contribution in [0.5, 0.6) is 11.5 Å². The number of amides is 1. The van der Waals surface area contributed by atoms with Gasteiger partial charge in [0.05, 0.1) is 6.04 Å². The van der Waals surface area contributed by atoms with Crippen LogP contribution < -0.4 is 14.8 Å². The summed E-state index contributed by atoms with van der Waals surface area (Å²) in [5, 5.41) is 3.17. The Bertz CT molecular complexity index is 870. The Balaban J connectivity index is 1.81. The minimum atomic E-state index is -0.341. The van der Waals surface area contributed by atoms with Crippen molar-refractivity contribution < 1.29 is 14.3 Å². The molecule has 0 spiro atoms. The standard InChI is InChI=1S/C23H27NO3/c1-15(2)14-26-18-8-6-7-17(12-18)22(25)24-20-13-23(4,5)27-21-10-9-16(3)11-19(20)21/h6-12,20H,1,13-14H2,2-5H3,(H,24,25)/t20-/m1/s1. The van der Waals surface area contributed by atoms with E-state index in [4.69, 9.17) is 9.47 Å². The molecule has 142 valence electrons. The van der Waals surface area contributed by atoms with Crippen LogP contribution in [0.15, 0.2) is 54.6 Å². The average Bonchev–Trinajstić information content (AvgIpc) is 2.60. The van der Waals surface area contributed by atoms with Gasteiger partial charge in [0.1, 0.15) is 23.7 Å². The van der Waals surface area contributed by atoms with Gasteiger partial charge < -0.3 is 14.8 Å². The van der Waals surface area contributed by atoms with Gasteiger partial charge in [0.25, 0.3) is 5.91 Å². The Kier molecular flexibility index (Phi) is 5.26. The second-order valence-electron chi connectivity index (χ2n) is 7.91. The number of carbonyl (C=O) groups is 1. The largest absolute Gasteiger partial charge is 0.489 e. The number of hydrogen-bond donors (Lipinski definition) is 1. The molecule has 0 saturated carbocycles. The van der Waals surface area contributed by atoms with E-state index in [2.05, 4.69) is 18.0 Å². The zero-order valence-electron chi connectivity index (χ0n) is 16.5. The zero-order chi connectivity index (χ0) is 19.6. The predicted molar refractivity (Wildman–Crippen MR) is 107 cm³/mol. The van der Waals surface area contributed by atoms with Crippen LogP contribution in [-0.4, -0.2) is 18.1 Å². The van der Waals surface area contributed by atoms with E-state index < -0.39 is 0 Å². The first-order chi connectivity index (χ1) is 12.7. The lowest BCUT2D eigenvalue weighted by Crippen LogP contribution is -2.41. The minimum Gasteiger partial charge on any atom is -0.489 e. The van der Waals surface area contributed by atoms with Crippen LogP contribution in [0.3, 0.4) is 0 Å². The Morgan fingerprint density at radius 3 is 2.81 bits per heavy atom. The first-order valence-electron chi connectivity index (χ1n) is 9.21. The first-order valence-corrected chi connectivity index (χ1v) is 9.21. The van der Waals surface area contributed by atoms with Crippen molar-refractivity contribution in [3.8, 4) is 11.5 Å². The van der Waals surface area contributed by atoms with Crippen molar-refractivity contribution in [2.75, 3.05) is 6.61 Å². The quantitative estimate of drug-likeness (QED) is 0.760. The van der Waals surface area contributed by atoms with Gasteiger partial charge in [-0.3, -0.25) is 4.79 Å². The third-order valence-electron chi connectivity index (χ3n) is 4.51. The van der Waals surface area contributed by atoms with E-state index in [-0.39, 0.29) is 17.6 Å². The molecule has 1 heterocycles. The molecule has 1 N–H and O–H groups in total. The molecule has 0 aromatic heterocycles. The number of aryl methyl sites for hydroxylation is 1. The second-order valence-corrected chi connectivity index (χ2v) is 7.91. The summed E-state index contributed by atoms with van der Waals surface area (Å²) in [6.45, 7) is 12.3. The summed E-state index contributed by atoms with van der Waals surface area (Å²) in [5.41, 5.74) is 3.34. The van der Waals surface area contributed by atoms with Crippen molar-refractivity contribution in [1.29, 1.82) is 0 Å². The number of nitrogens with one attached hydrogen (secondary N) is 1. The van der Waals surface area contributed by atoms with E-state index in [1.807, 2.05) is 52.0 Å². The molecule has 1 amide bonds. The summed E-state index contributed by atoms with van der Waals surface area (Å²) in [6.07, 6.45) is 0.709. The predicted octanol–water partition coefficient (Wildman–Crippen LogP) is 4.98. The molecule has 0 radical (unpaired) electrons. The average molecular weight is 365 g/mol. The van der Waals surface area contributed by atoms with Crippen molar-refractivity contribution in [2.24, 2.45) is 0 Å². The third-order valence-corrected chi connectivity index (χ3v) is 4.51. The summed E-state index contributed by atoms with van der Waals surface area (Å²) in [4.78, 5) is 12.9. The molecule has 0 unspecified atom stereocenters. The Morgan fingerprint density at radius 2 is 2.07 bits per heavy atom. The molecule has 1 aliphatic rings. The molecule has 4 nitrogen and oxygen atoms in total. The molecule has 2 aromatic carbocycles. The maximum Gasteiger partial charge on any atom is 0.251 e. The van der Waals surface area contributed by atoms with Crippen molar-refractivity contribution in [3.63, 3.8) is 0 Å². The maximum absolute atomic E-state index is 12.9. The molecular weight excluding hydrogens is 338 g/mol. The summed E-state index contributed by atoms with van der Waals surface area (Å²) < 4.78 is 11.7. The highest BCUT2D eigenvalue weighted by molar-refractivity contribution is 5.94. The van der Waals surface area contributed by atoms with Gasteiger partial charge in [-0.15, -0.1) is 0 Å². The van der Waals surface area contributed by atoms with Gasteiger partial charge >= 0.3 is 0 Å². The molecule has 1 aliphatic heterocycles. The fraction of sp³-hybridized carbons (Fsp3) is 0.348. The number of benzene rings is 2. The number of carbonyl (C=O) groups excluding carboxylic acids is 1. The fourth-order valence-electron chi connectivity index (χ4n) is 3.28. The van der Waals surface area contributed by atoms with Crippen LogP contribution in [0.25, 0.3) is 0 Å². The van der Waals surface area contributed by atoms with Gasteiger partial charge in [-0.1, -0.05) is 30.3 Å². The molecule has 1 atom stereocenters. The lowest BCUT2D eigenvalue weighted by molar-refractivity contribution is 0.0619. The zero-order valence-corrected chi connectivity index (χ0v) is 16.5. The van der Waals surface area contributed by atoms with Crippen molar-refractivity contribution >= 4 is 5.91 Å². The van der Waals surface area contributed by atoms with E-state index in [1.165, 1.54) is 0 Å². The van der Waals surface area contributed by atoms with E-state index in [1.54, 1.807) is 12.1 Å². The summed E-state index contributed by atoms with van der Waals surface area (Å²) >= 11 is 0. The lowest BCUT2D eigenvalue weighted by Gasteiger charge is -2.38. The summed E-state index contributed by atoms with van der Waals surface area (Å²) in [6, 6.07) is 13.2. The molecule has 27 heavy (non-hydrogen) atoms. The molecule has 4 heteroatoms. The number of fused-ring (bicyclic) bond motifs is 1. The minimum absolute atomic E-state index is 0.101. The van der Waals surface area contributed by atoms with Crippen molar-refractivity contribution in [2.45, 2.75) is 45.8 Å². The van der Waals surface area contributed by atoms with Crippen LogP contribution in [-0.2, 0) is 0 Å². The Morgan fingerprint density at radius 1 is 1.30 bits per heavy atom. The molecule has 0 bridgehead atoms. The fourth-order valence-corrected chi connectivity index (χ4v) is 3.28. The maximum atomic E-state index is 12.9. The van der Waals surface area contributed by atoms with Crippen LogP contribution in [0.1, 0.15) is 54.7 Å². The van der Waals surface area contributed by atoms with Crippen LogP contribution in [0, 0.1) is 6.92 Å². The monoisotopic (exact) mass is 365 g/mol. The van der Waals surface area contributed by atoms with Gasteiger partial charge in [-0.05, 0) is 57.5 Å². The summed E-state index contributed by atoms with van der Waals surface area (Å²) in [5.74, 6) is 1.38. The number of hydrogen-bond acceptors (Lipinski definition) is 3. The SMILES string of the molecule is C=C(C)COc1cccc(C(=O)N[C@@H]2CC(C)(C)Oc3ccc(C)cc32)c1. The van der Waals surface area contributed by atoms with Gasteiger partial charge in [0.15, 0.2) is 0 Å². The van der Waals surface area contributed by atoms with Crippen LogP contribution in [0.4, 0.5) is 0 Å². The molecular formula is C23H27NO3. The molecule has 0 saturated heterocycles. The summed E-state index contributed by atoms with van der Waals surface area (Å²) in [7, 11) is 0. The van der Waals surface area contributed by atoms with Crippen molar-refractivity contribution in [3.05, 3.63) is 71.3 Å². The highest BCUT2D eigenvalue weighted by Gasteiger charge is 2.34. The highest BCUT2D eigenvalue weighted by atomic mass is 16.5. The van der Waals surface area contributed by atoms with Crippen LogP contribution in [0.2, 0.25) is 0 Å². The van der Waals surface area contributed by atoms with Crippen molar-refractivity contribution in [1.82, 2.24) is 5.32 Å². The van der Waals surface area contributed by atoms with Gasteiger partial charge in [-0.2, -0.15) is 0 Å². The topological polar surface area (TPSA) is 47.6 Å². The first kappa shape index (κ1) is 19.0. The Labute approximate surface area is 161 Å². The molecule has 0 fully saturated rings. The van der Waals surface area contributed by atoms with E-state index >= 15 is 0 Å². The van der Waals surface area contributed by atoms with Crippen LogP contribution >= 0.6 is 0 Å². The van der Waals surface area contributed by atoms with Gasteiger partial charge in [-0.25, -0.2) is 0 Å². The Hall–Kier alpha value is -2.75. The molecule has 2 aromatic rings. The van der Waals surface area contributed by atoms with Gasteiger partial charge in [0.2, 0.25) is 0 Å². The normalized spacial score (nSPS) is 17.4. The highest BCUT2D eigenvalue weighted by Crippen LogP contribution is 2.40. The third kappa shape index (κ3) is 4.70. The van der Waals surface area contributed by atoms with Gasteiger partial charge in [0, 0.05) is 17.5 Å². The van der Waals surface area contributed by atoms with E-state index in [0.717, 1.165) is 22.4 Å². The smallest absolute Gasteiger partial charge is 0.251 e.